The molecule has 23 heavy (non-hydrogen) atoms. The lowest BCUT2D eigenvalue weighted by molar-refractivity contribution is -0.144. The molecule has 2 heterocycles. The molecule has 0 spiro atoms. The second kappa shape index (κ2) is 6.26. The summed E-state index contributed by atoms with van der Waals surface area (Å²) in [5.74, 6) is 0.465. The Bertz CT molecular complexity index is 658. The van der Waals surface area contributed by atoms with E-state index in [-0.39, 0.29) is 29.6 Å². The van der Waals surface area contributed by atoms with Crippen LogP contribution in [0.15, 0.2) is 11.2 Å². The second-order valence-corrected chi connectivity index (χ2v) is 6.20. The van der Waals surface area contributed by atoms with Gasteiger partial charge in [0.1, 0.15) is 0 Å². The summed E-state index contributed by atoms with van der Waals surface area (Å²) >= 11 is 0. The largest absolute Gasteiger partial charge is 0.466 e. The van der Waals surface area contributed by atoms with Crippen molar-refractivity contribution in [1.82, 2.24) is 9.78 Å². The summed E-state index contributed by atoms with van der Waals surface area (Å²) in [5, 5.41) is 4.39. The van der Waals surface area contributed by atoms with E-state index in [1.807, 2.05) is 4.68 Å². The molecule has 1 saturated carbocycles. The number of Topliss-reactive ketones (excluding diaryl/α,β-unsaturated/α-hetero) is 1. The third-order valence-corrected chi connectivity index (χ3v) is 4.76. The number of fused-ring (bicyclic) bond motifs is 1. The highest BCUT2D eigenvalue weighted by Gasteiger charge is 2.48. The Balaban J connectivity index is 1.86. The van der Waals surface area contributed by atoms with E-state index in [2.05, 4.69) is 18.9 Å². The number of hydrogen-bond acceptors (Lipinski definition) is 5. The van der Waals surface area contributed by atoms with Crippen LogP contribution in [0.1, 0.15) is 62.9 Å². The van der Waals surface area contributed by atoms with Crippen molar-refractivity contribution in [2.24, 2.45) is 16.8 Å². The van der Waals surface area contributed by atoms with E-state index in [1.54, 1.807) is 13.1 Å². The normalized spacial score (nSPS) is 22.8. The van der Waals surface area contributed by atoms with Crippen LogP contribution in [-0.4, -0.2) is 33.9 Å². The highest BCUT2D eigenvalue weighted by Crippen LogP contribution is 2.44. The third-order valence-electron chi connectivity index (χ3n) is 4.76. The van der Waals surface area contributed by atoms with E-state index in [0.717, 1.165) is 25.0 Å². The minimum Gasteiger partial charge on any atom is -0.466 e. The summed E-state index contributed by atoms with van der Waals surface area (Å²) in [6, 6.07) is 0.245. The molecular weight excluding hydrogens is 294 g/mol. The zero-order chi connectivity index (χ0) is 16.6. The summed E-state index contributed by atoms with van der Waals surface area (Å²) in [6.07, 6.45) is 4.55. The molecule has 1 aromatic heterocycles. The van der Waals surface area contributed by atoms with Crippen LogP contribution in [0.3, 0.4) is 0 Å². The molecule has 6 nitrogen and oxygen atoms in total. The first-order valence-corrected chi connectivity index (χ1v) is 8.45. The van der Waals surface area contributed by atoms with Crippen LogP contribution in [0.5, 0.6) is 0 Å². The minimum absolute atomic E-state index is 0.0520. The number of carbonyl (C=O) groups excluding carboxylic acids is 2. The van der Waals surface area contributed by atoms with Gasteiger partial charge in [0.2, 0.25) is 0 Å². The first kappa shape index (κ1) is 15.9. The summed E-state index contributed by atoms with van der Waals surface area (Å²) in [4.78, 5) is 28.9. The van der Waals surface area contributed by atoms with E-state index in [1.165, 1.54) is 0 Å². The number of aliphatic imine (C=N–C) groups is 1. The highest BCUT2D eigenvalue weighted by molar-refractivity contribution is 6.17. The molecule has 2 atom stereocenters. The highest BCUT2D eigenvalue weighted by atomic mass is 16.5. The third kappa shape index (κ3) is 2.82. The van der Waals surface area contributed by atoms with E-state index >= 15 is 0 Å². The van der Waals surface area contributed by atoms with Crippen LogP contribution in [0.4, 0.5) is 5.82 Å². The smallest absolute Gasteiger partial charge is 0.309 e. The van der Waals surface area contributed by atoms with Crippen molar-refractivity contribution in [1.29, 1.82) is 0 Å². The molecule has 2 aliphatic rings. The van der Waals surface area contributed by atoms with Crippen molar-refractivity contribution < 1.29 is 14.3 Å². The van der Waals surface area contributed by atoms with Gasteiger partial charge in [0.15, 0.2) is 11.6 Å². The molecule has 6 heteroatoms. The van der Waals surface area contributed by atoms with Crippen LogP contribution in [0.25, 0.3) is 0 Å². The standard InChI is InChI=1S/C17H23N3O3/c1-4-10(5-2)20-16-13(9-18-20)15(21)8-14(19-16)11-7-12(11)17(22)23-6-3/h9-12H,4-8H2,1-3H3. The van der Waals surface area contributed by atoms with Gasteiger partial charge in [0.25, 0.3) is 0 Å². The average Bonchev–Trinajstić information content (AvgIpc) is 3.24. The van der Waals surface area contributed by atoms with E-state index in [0.29, 0.717) is 24.4 Å². The molecule has 0 saturated heterocycles. The quantitative estimate of drug-likeness (QED) is 0.756. The van der Waals surface area contributed by atoms with E-state index in [9.17, 15) is 9.59 Å². The molecule has 0 N–H and O–H groups in total. The molecule has 1 aliphatic heterocycles. The number of ether oxygens (including phenoxy) is 1. The molecular formula is C17H23N3O3. The van der Waals surface area contributed by atoms with Crippen LogP contribution in [0.2, 0.25) is 0 Å². The zero-order valence-corrected chi connectivity index (χ0v) is 13.9. The van der Waals surface area contributed by atoms with Crippen molar-refractivity contribution in [2.45, 2.75) is 52.5 Å². The Morgan fingerprint density at radius 1 is 1.39 bits per heavy atom. The molecule has 1 fully saturated rings. The van der Waals surface area contributed by atoms with Crippen molar-refractivity contribution in [2.75, 3.05) is 6.61 Å². The Labute approximate surface area is 135 Å². The van der Waals surface area contributed by atoms with E-state index < -0.39 is 0 Å². The molecule has 0 radical (unpaired) electrons. The maximum absolute atomic E-state index is 12.4. The first-order valence-electron chi connectivity index (χ1n) is 8.45. The summed E-state index contributed by atoms with van der Waals surface area (Å²) in [5.41, 5.74) is 1.42. The van der Waals surface area contributed by atoms with Crippen LogP contribution >= 0.6 is 0 Å². The molecule has 124 valence electrons. The van der Waals surface area contributed by atoms with Gasteiger partial charge in [-0.05, 0) is 26.2 Å². The topological polar surface area (TPSA) is 73.5 Å². The van der Waals surface area contributed by atoms with Crippen molar-refractivity contribution >= 4 is 23.3 Å². The molecule has 0 bridgehead atoms. The fraction of sp³-hybridized carbons (Fsp3) is 0.647. The van der Waals surface area contributed by atoms with Crippen LogP contribution < -0.4 is 0 Å². The maximum atomic E-state index is 12.4. The number of rotatable bonds is 6. The van der Waals surface area contributed by atoms with Gasteiger partial charge in [-0.1, -0.05) is 13.8 Å². The fourth-order valence-corrected chi connectivity index (χ4v) is 3.29. The van der Waals surface area contributed by atoms with Crippen LogP contribution in [0, 0.1) is 11.8 Å². The predicted molar refractivity (Wildman–Crippen MR) is 86.1 cm³/mol. The van der Waals surface area contributed by atoms with Gasteiger partial charge < -0.3 is 4.74 Å². The van der Waals surface area contributed by atoms with Crippen molar-refractivity contribution in [3.8, 4) is 0 Å². The zero-order valence-electron chi connectivity index (χ0n) is 13.9. The monoisotopic (exact) mass is 317 g/mol. The molecule has 0 aromatic carbocycles. The number of nitrogens with zero attached hydrogens (tertiary/aromatic N) is 3. The fourth-order valence-electron chi connectivity index (χ4n) is 3.29. The van der Waals surface area contributed by atoms with Gasteiger partial charge in [-0.3, -0.25) is 9.59 Å². The molecule has 1 aliphatic carbocycles. The summed E-state index contributed by atoms with van der Waals surface area (Å²) in [7, 11) is 0. The number of aromatic nitrogens is 2. The van der Waals surface area contributed by atoms with Gasteiger partial charge in [0, 0.05) is 11.6 Å². The lowest BCUT2D eigenvalue weighted by atomic mass is 10.0. The summed E-state index contributed by atoms with van der Waals surface area (Å²) < 4.78 is 6.94. The molecule has 0 amide bonds. The van der Waals surface area contributed by atoms with Crippen LogP contribution in [-0.2, 0) is 9.53 Å². The predicted octanol–water partition coefficient (Wildman–Crippen LogP) is 3.10. The maximum Gasteiger partial charge on any atom is 0.309 e. The SMILES string of the molecule is CCOC(=O)C1CC1C1=Nc2c(cnn2C(CC)CC)C(=O)C1. The lowest BCUT2D eigenvalue weighted by Gasteiger charge is -2.18. The molecule has 3 rings (SSSR count). The molecule has 1 aromatic rings. The number of ketones is 1. The Kier molecular flexibility index (Phi) is 4.33. The Morgan fingerprint density at radius 3 is 2.78 bits per heavy atom. The van der Waals surface area contributed by atoms with E-state index in [4.69, 9.17) is 9.73 Å². The van der Waals surface area contributed by atoms with Gasteiger partial charge >= 0.3 is 5.97 Å². The number of carbonyl (C=O) groups is 2. The number of esters is 1. The minimum atomic E-state index is -0.174. The second-order valence-electron chi connectivity index (χ2n) is 6.20. The van der Waals surface area contributed by atoms with Gasteiger partial charge in [-0.25, -0.2) is 9.67 Å². The summed E-state index contributed by atoms with van der Waals surface area (Å²) in [6.45, 7) is 6.40. The average molecular weight is 317 g/mol. The number of hydrogen-bond donors (Lipinski definition) is 0. The van der Waals surface area contributed by atoms with Gasteiger partial charge in [-0.15, -0.1) is 0 Å². The van der Waals surface area contributed by atoms with Gasteiger partial charge in [0.05, 0.1) is 36.7 Å². The van der Waals surface area contributed by atoms with Crippen molar-refractivity contribution in [3.05, 3.63) is 11.8 Å². The lowest BCUT2D eigenvalue weighted by Crippen LogP contribution is -2.19. The first-order chi connectivity index (χ1) is 11.1. The molecule has 2 unspecified atom stereocenters. The van der Waals surface area contributed by atoms with Gasteiger partial charge in [-0.2, -0.15) is 5.10 Å². The Morgan fingerprint density at radius 2 is 2.13 bits per heavy atom. The van der Waals surface area contributed by atoms with Crippen molar-refractivity contribution in [3.63, 3.8) is 0 Å². The Hall–Kier alpha value is -1.98.